The van der Waals surface area contributed by atoms with E-state index >= 15 is 0 Å². The summed E-state index contributed by atoms with van der Waals surface area (Å²) in [5.74, 6) is 1.26. The lowest BCUT2D eigenvalue weighted by molar-refractivity contribution is 0.0394. The van der Waals surface area contributed by atoms with Crippen LogP contribution in [0.4, 0.5) is 10.2 Å². The van der Waals surface area contributed by atoms with Gasteiger partial charge in [-0.15, -0.1) is 37.2 Å². The van der Waals surface area contributed by atoms with Crippen molar-refractivity contribution < 1.29 is 9.13 Å². The van der Waals surface area contributed by atoms with Crippen LogP contribution in [0.5, 0.6) is 0 Å². The highest BCUT2D eigenvalue weighted by Gasteiger charge is 2.38. The number of ether oxygens (including phenoxy) is 1. The van der Waals surface area contributed by atoms with Crippen molar-refractivity contribution in [1.29, 1.82) is 0 Å². The Morgan fingerprint density at radius 1 is 1.19 bits per heavy atom. The second-order valence-corrected chi connectivity index (χ2v) is 8.05. The number of nitrogens with zero attached hydrogens (tertiary/aromatic N) is 1. The maximum atomic E-state index is 13.3. The summed E-state index contributed by atoms with van der Waals surface area (Å²) in [7, 11) is 0. The molecule has 0 amide bonds. The normalized spacial score (nSPS) is 23.9. The van der Waals surface area contributed by atoms with Crippen LogP contribution in [0, 0.1) is 18.7 Å². The number of rotatable bonds is 8. The van der Waals surface area contributed by atoms with Gasteiger partial charge in [0.1, 0.15) is 11.6 Å². The van der Waals surface area contributed by atoms with Gasteiger partial charge in [-0.05, 0) is 55.2 Å². The SMILES string of the molecule is Cc1cc(N)nc(C[C@@H]2CNC[C@@H]2OCCNC2CC2c2cccc(F)c2)c1.Cl.Cl.Cl. The van der Waals surface area contributed by atoms with Gasteiger partial charge >= 0.3 is 0 Å². The first-order valence-electron chi connectivity index (χ1n) is 10.1. The third-order valence-electron chi connectivity index (χ3n) is 5.70. The van der Waals surface area contributed by atoms with E-state index < -0.39 is 0 Å². The molecule has 2 aliphatic rings. The highest BCUT2D eigenvalue weighted by atomic mass is 35.5. The van der Waals surface area contributed by atoms with E-state index in [0.717, 1.165) is 49.3 Å². The zero-order valence-electron chi connectivity index (χ0n) is 17.6. The molecule has 5 nitrogen and oxygen atoms in total. The second kappa shape index (κ2) is 12.8. The number of nitrogens with two attached hydrogens (primary N) is 1. The third kappa shape index (κ3) is 7.74. The molecule has 1 aliphatic heterocycles. The van der Waals surface area contributed by atoms with E-state index in [4.69, 9.17) is 10.5 Å². The Morgan fingerprint density at radius 3 is 2.74 bits per heavy atom. The molecule has 1 saturated heterocycles. The Balaban J connectivity index is 0.00000160. The van der Waals surface area contributed by atoms with Crippen molar-refractivity contribution in [1.82, 2.24) is 15.6 Å². The number of pyridine rings is 1. The van der Waals surface area contributed by atoms with Gasteiger partial charge in [0.15, 0.2) is 0 Å². The molecule has 2 fully saturated rings. The van der Waals surface area contributed by atoms with E-state index in [2.05, 4.69) is 21.7 Å². The van der Waals surface area contributed by atoms with E-state index in [9.17, 15) is 4.39 Å². The van der Waals surface area contributed by atoms with Crippen LogP contribution < -0.4 is 16.4 Å². The quantitative estimate of drug-likeness (QED) is 0.490. The van der Waals surface area contributed by atoms with Crippen LogP contribution in [-0.2, 0) is 11.2 Å². The topological polar surface area (TPSA) is 72.2 Å². The Bertz CT molecular complexity index is 809. The summed E-state index contributed by atoms with van der Waals surface area (Å²) in [6, 6.07) is 11.4. The van der Waals surface area contributed by atoms with Gasteiger partial charge in [0, 0.05) is 43.2 Å². The molecule has 174 valence electrons. The monoisotopic (exact) mass is 492 g/mol. The molecular formula is C22H32Cl3FN4O. The van der Waals surface area contributed by atoms with E-state index in [-0.39, 0.29) is 49.1 Å². The van der Waals surface area contributed by atoms with Crippen molar-refractivity contribution in [3.63, 3.8) is 0 Å². The van der Waals surface area contributed by atoms with Crippen molar-refractivity contribution >= 4 is 43.0 Å². The Labute approximate surface area is 202 Å². The van der Waals surface area contributed by atoms with Crippen LogP contribution in [0.1, 0.15) is 29.2 Å². The summed E-state index contributed by atoms with van der Waals surface area (Å²) in [6.45, 7) is 5.36. The number of nitrogen functional groups attached to an aromatic ring is 1. The highest BCUT2D eigenvalue weighted by Crippen LogP contribution is 2.40. The molecule has 0 bridgehead atoms. The lowest BCUT2D eigenvalue weighted by Crippen LogP contribution is -2.30. The molecule has 0 radical (unpaired) electrons. The summed E-state index contributed by atoms with van der Waals surface area (Å²) < 4.78 is 19.5. The van der Waals surface area contributed by atoms with E-state index in [1.165, 1.54) is 6.07 Å². The second-order valence-electron chi connectivity index (χ2n) is 8.05. The molecule has 4 rings (SSSR count). The van der Waals surface area contributed by atoms with Gasteiger partial charge in [-0.2, -0.15) is 0 Å². The average Bonchev–Trinajstić information content (AvgIpc) is 3.29. The van der Waals surface area contributed by atoms with E-state index in [1.807, 2.05) is 19.1 Å². The van der Waals surface area contributed by atoms with Gasteiger partial charge in [-0.25, -0.2) is 9.37 Å². The van der Waals surface area contributed by atoms with Crippen molar-refractivity contribution in [3.05, 3.63) is 59.0 Å². The summed E-state index contributed by atoms with van der Waals surface area (Å²) >= 11 is 0. The standard InChI is InChI=1S/C22H29FN4O.3ClH/c1-14-7-18(27-22(24)8-14)10-16-12-25-13-21(16)28-6-5-26-20-11-19(20)15-3-2-4-17(23)9-15;;;/h2-4,7-9,16,19-21,25-26H,5-6,10-13H2,1H3,(H2,24,27);3*1H/t16-,19?,20?,21+;;;/m1.../s1. The number of halogens is 4. The molecule has 31 heavy (non-hydrogen) atoms. The predicted molar refractivity (Wildman–Crippen MR) is 130 cm³/mol. The van der Waals surface area contributed by atoms with Crippen molar-refractivity contribution in [3.8, 4) is 0 Å². The van der Waals surface area contributed by atoms with Crippen LogP contribution in [0.15, 0.2) is 36.4 Å². The number of aromatic nitrogens is 1. The van der Waals surface area contributed by atoms with Gasteiger partial charge in [0.2, 0.25) is 0 Å². The molecule has 1 aromatic heterocycles. The number of benzene rings is 1. The smallest absolute Gasteiger partial charge is 0.123 e. The number of hydrogen-bond acceptors (Lipinski definition) is 5. The summed E-state index contributed by atoms with van der Waals surface area (Å²) in [5.41, 5.74) is 9.14. The first-order chi connectivity index (χ1) is 13.6. The molecule has 9 heteroatoms. The molecule has 4 atom stereocenters. The van der Waals surface area contributed by atoms with Gasteiger partial charge in [0.05, 0.1) is 12.7 Å². The molecule has 1 aromatic carbocycles. The Hall–Kier alpha value is -1.15. The minimum absolute atomic E-state index is 0. The number of anilines is 1. The van der Waals surface area contributed by atoms with Crippen LogP contribution in [0.2, 0.25) is 0 Å². The van der Waals surface area contributed by atoms with Crippen molar-refractivity contribution in [2.24, 2.45) is 5.92 Å². The number of nitrogens with one attached hydrogen (secondary N) is 2. The van der Waals surface area contributed by atoms with Gasteiger partial charge in [0.25, 0.3) is 0 Å². The fraction of sp³-hybridized carbons (Fsp3) is 0.500. The van der Waals surface area contributed by atoms with Gasteiger partial charge < -0.3 is 21.1 Å². The van der Waals surface area contributed by atoms with Crippen LogP contribution in [0.3, 0.4) is 0 Å². The molecule has 4 N–H and O–H groups in total. The number of aryl methyl sites for hydroxylation is 1. The first kappa shape index (κ1) is 27.9. The lowest BCUT2D eigenvalue weighted by atomic mass is 9.99. The molecule has 1 aliphatic carbocycles. The zero-order chi connectivity index (χ0) is 19.5. The van der Waals surface area contributed by atoms with Gasteiger partial charge in [-0.3, -0.25) is 0 Å². The Morgan fingerprint density at radius 2 is 2.00 bits per heavy atom. The minimum atomic E-state index is -0.156. The molecule has 1 saturated carbocycles. The third-order valence-corrected chi connectivity index (χ3v) is 5.70. The van der Waals surface area contributed by atoms with E-state index in [0.29, 0.717) is 30.3 Å². The minimum Gasteiger partial charge on any atom is -0.384 e. The molecule has 2 unspecified atom stereocenters. The summed E-state index contributed by atoms with van der Waals surface area (Å²) in [5, 5.41) is 6.96. The molecule has 2 heterocycles. The van der Waals surface area contributed by atoms with Crippen molar-refractivity contribution in [2.75, 3.05) is 32.0 Å². The summed E-state index contributed by atoms with van der Waals surface area (Å²) in [4.78, 5) is 4.46. The zero-order valence-corrected chi connectivity index (χ0v) is 20.0. The molecule has 2 aromatic rings. The van der Waals surface area contributed by atoms with E-state index in [1.54, 1.807) is 12.1 Å². The molecule has 0 spiro atoms. The van der Waals surface area contributed by atoms with Crippen LogP contribution >= 0.6 is 37.2 Å². The Kier molecular flexibility index (Phi) is 11.5. The van der Waals surface area contributed by atoms with Crippen molar-refractivity contribution in [2.45, 2.75) is 37.8 Å². The maximum absolute atomic E-state index is 13.3. The highest BCUT2D eigenvalue weighted by molar-refractivity contribution is 5.86. The lowest BCUT2D eigenvalue weighted by Gasteiger charge is -2.19. The van der Waals surface area contributed by atoms with Gasteiger partial charge in [-0.1, -0.05) is 12.1 Å². The predicted octanol–water partition coefficient (Wildman–Crippen LogP) is 3.67. The average molecular weight is 494 g/mol. The largest absolute Gasteiger partial charge is 0.384 e. The number of hydrogen-bond donors (Lipinski definition) is 3. The molecular weight excluding hydrogens is 462 g/mol. The maximum Gasteiger partial charge on any atom is 0.123 e. The van der Waals surface area contributed by atoms with Crippen LogP contribution in [-0.4, -0.2) is 43.4 Å². The first-order valence-corrected chi connectivity index (χ1v) is 10.1. The summed E-state index contributed by atoms with van der Waals surface area (Å²) in [6.07, 6.45) is 2.14. The fourth-order valence-electron chi connectivity index (χ4n) is 4.23. The fourth-order valence-corrected chi connectivity index (χ4v) is 4.23. The van der Waals surface area contributed by atoms with Crippen LogP contribution in [0.25, 0.3) is 0 Å².